The Morgan fingerprint density at radius 1 is 0.964 bits per heavy atom. The Kier molecular flexibility index (Phi) is 3.94. The summed E-state index contributed by atoms with van der Waals surface area (Å²) in [7, 11) is 0. The average Bonchev–Trinajstić information content (AvgIpc) is 3.44. The van der Waals surface area contributed by atoms with Crippen LogP contribution in [0.15, 0.2) is 36.4 Å². The summed E-state index contributed by atoms with van der Waals surface area (Å²) in [4.78, 5) is 13.1. The molecule has 3 aliphatic rings. The first-order valence-corrected chi connectivity index (χ1v) is 8.89. The number of rotatable bonds is 4. The number of aliphatic hydroxyl groups is 2. The Balaban J connectivity index is 1.45. The van der Waals surface area contributed by atoms with Gasteiger partial charge in [-0.05, 0) is 35.9 Å². The number of hydrogen-bond acceptors (Lipinski definition) is 8. The molecule has 2 N–H and O–H groups in total. The fourth-order valence-electron chi connectivity index (χ4n) is 3.88. The van der Waals surface area contributed by atoms with Crippen LogP contribution in [0.5, 0.6) is 23.0 Å². The molecule has 3 aliphatic heterocycles. The molecule has 2 aromatic rings. The van der Waals surface area contributed by atoms with Crippen LogP contribution in [-0.2, 0) is 4.74 Å². The second kappa shape index (κ2) is 6.37. The topological polar surface area (TPSA) is 104 Å². The Morgan fingerprint density at radius 2 is 1.61 bits per heavy atom. The zero-order valence-electron chi connectivity index (χ0n) is 14.8. The molecule has 8 heteroatoms. The van der Waals surface area contributed by atoms with E-state index >= 15 is 0 Å². The number of hydrogen-bond donors (Lipinski definition) is 2. The van der Waals surface area contributed by atoms with E-state index in [9.17, 15) is 15.0 Å². The van der Waals surface area contributed by atoms with Crippen LogP contribution in [0.1, 0.15) is 22.0 Å². The predicted octanol–water partition coefficient (Wildman–Crippen LogP) is 1.44. The zero-order valence-corrected chi connectivity index (χ0v) is 14.8. The Bertz CT molecular complexity index is 942. The van der Waals surface area contributed by atoms with Gasteiger partial charge in [-0.15, -0.1) is 0 Å². The molecule has 3 unspecified atom stereocenters. The molecule has 1 fully saturated rings. The summed E-state index contributed by atoms with van der Waals surface area (Å²) in [6, 6.07) is 9.98. The first-order chi connectivity index (χ1) is 13.6. The normalized spacial score (nSPS) is 27.2. The summed E-state index contributed by atoms with van der Waals surface area (Å²) >= 11 is 0. The van der Waals surface area contributed by atoms with Crippen LogP contribution in [0.3, 0.4) is 0 Å². The van der Waals surface area contributed by atoms with E-state index in [0.29, 0.717) is 28.6 Å². The minimum absolute atomic E-state index is 0.0891. The molecule has 146 valence electrons. The lowest BCUT2D eigenvalue weighted by atomic mass is 9.79. The highest BCUT2D eigenvalue weighted by Crippen LogP contribution is 2.45. The fourth-order valence-corrected chi connectivity index (χ4v) is 3.88. The molecule has 3 heterocycles. The van der Waals surface area contributed by atoms with Gasteiger partial charge in [0, 0.05) is 5.56 Å². The van der Waals surface area contributed by atoms with Crippen LogP contribution in [0.4, 0.5) is 0 Å². The highest BCUT2D eigenvalue weighted by molar-refractivity contribution is 6.03. The smallest absolute Gasteiger partial charge is 0.231 e. The van der Waals surface area contributed by atoms with Crippen molar-refractivity contribution in [3.8, 4) is 23.0 Å². The molecule has 0 aliphatic carbocycles. The molecule has 0 amide bonds. The summed E-state index contributed by atoms with van der Waals surface area (Å²) in [5.41, 5.74) is -0.915. The maximum atomic E-state index is 13.1. The zero-order chi connectivity index (χ0) is 19.3. The van der Waals surface area contributed by atoms with Crippen molar-refractivity contribution in [2.45, 2.75) is 11.7 Å². The van der Waals surface area contributed by atoms with Gasteiger partial charge in [0.1, 0.15) is 0 Å². The summed E-state index contributed by atoms with van der Waals surface area (Å²) in [6.07, 6.45) is -0.664. The van der Waals surface area contributed by atoms with Gasteiger partial charge in [0.2, 0.25) is 13.6 Å². The van der Waals surface area contributed by atoms with Gasteiger partial charge in [-0.2, -0.15) is 0 Å². The summed E-state index contributed by atoms with van der Waals surface area (Å²) in [6.45, 7) is -0.428. The molecule has 0 radical (unpaired) electrons. The van der Waals surface area contributed by atoms with Crippen LogP contribution in [0.2, 0.25) is 0 Å². The number of aliphatic hydroxyl groups excluding tert-OH is 1. The molecule has 28 heavy (non-hydrogen) atoms. The van der Waals surface area contributed by atoms with E-state index < -0.39 is 30.0 Å². The largest absolute Gasteiger partial charge is 0.454 e. The quantitative estimate of drug-likeness (QED) is 0.761. The fraction of sp³-hybridized carbons (Fsp3) is 0.350. The van der Waals surface area contributed by atoms with E-state index in [1.807, 2.05) is 0 Å². The van der Waals surface area contributed by atoms with Gasteiger partial charge in [0.05, 0.1) is 25.2 Å². The van der Waals surface area contributed by atoms with Crippen LogP contribution in [-0.4, -0.2) is 48.4 Å². The van der Waals surface area contributed by atoms with Crippen molar-refractivity contribution in [3.05, 3.63) is 47.5 Å². The molecular weight excluding hydrogens is 368 g/mol. The van der Waals surface area contributed by atoms with Crippen molar-refractivity contribution in [2.75, 3.05) is 26.8 Å². The Labute approximate surface area is 160 Å². The molecule has 2 aromatic carbocycles. The van der Waals surface area contributed by atoms with Crippen LogP contribution in [0.25, 0.3) is 0 Å². The average molecular weight is 386 g/mol. The van der Waals surface area contributed by atoms with E-state index in [0.717, 1.165) is 0 Å². The lowest BCUT2D eigenvalue weighted by Gasteiger charge is -2.28. The number of ether oxygens (including phenoxy) is 5. The second-order valence-corrected chi connectivity index (χ2v) is 6.95. The van der Waals surface area contributed by atoms with E-state index in [1.54, 1.807) is 30.3 Å². The molecule has 1 saturated heterocycles. The van der Waals surface area contributed by atoms with Crippen molar-refractivity contribution in [1.82, 2.24) is 0 Å². The van der Waals surface area contributed by atoms with Gasteiger partial charge in [0.25, 0.3) is 0 Å². The van der Waals surface area contributed by atoms with E-state index in [-0.39, 0.29) is 25.8 Å². The Hall–Kier alpha value is -2.81. The van der Waals surface area contributed by atoms with E-state index in [1.165, 1.54) is 6.07 Å². The van der Waals surface area contributed by atoms with Crippen molar-refractivity contribution in [1.29, 1.82) is 0 Å². The van der Waals surface area contributed by atoms with Crippen molar-refractivity contribution < 1.29 is 38.7 Å². The number of Topliss-reactive ketones (excluding diaryl/α,β-unsaturated/α-hetero) is 1. The van der Waals surface area contributed by atoms with E-state index in [4.69, 9.17) is 23.7 Å². The van der Waals surface area contributed by atoms with Crippen molar-refractivity contribution in [3.63, 3.8) is 0 Å². The molecule has 8 nitrogen and oxygen atoms in total. The lowest BCUT2D eigenvalue weighted by molar-refractivity contribution is -0.00183. The van der Waals surface area contributed by atoms with Crippen molar-refractivity contribution in [2.24, 2.45) is 5.92 Å². The van der Waals surface area contributed by atoms with Crippen LogP contribution >= 0.6 is 0 Å². The maximum absolute atomic E-state index is 13.1. The third-order valence-corrected chi connectivity index (χ3v) is 5.41. The van der Waals surface area contributed by atoms with Crippen LogP contribution in [0, 0.1) is 5.92 Å². The highest BCUT2D eigenvalue weighted by Gasteiger charge is 2.54. The Morgan fingerprint density at radius 3 is 2.32 bits per heavy atom. The third-order valence-electron chi connectivity index (χ3n) is 5.41. The van der Waals surface area contributed by atoms with Gasteiger partial charge in [0.15, 0.2) is 34.4 Å². The standard InChI is InChI=1S/C20H18O8/c21-7-13-18(11-1-3-14-16(5-11)27-9-25-14)24-8-20(13,23)19(22)12-2-4-15-17(6-12)28-10-26-15/h1-6,13,18,21,23H,7-10H2. The third kappa shape index (κ3) is 2.53. The van der Waals surface area contributed by atoms with Crippen LogP contribution < -0.4 is 18.9 Å². The van der Waals surface area contributed by atoms with Gasteiger partial charge in [-0.1, -0.05) is 6.07 Å². The van der Waals surface area contributed by atoms with Crippen molar-refractivity contribution >= 4 is 5.78 Å². The number of ketones is 1. The van der Waals surface area contributed by atoms with Gasteiger partial charge in [-0.25, -0.2) is 0 Å². The number of fused-ring (bicyclic) bond motifs is 2. The molecule has 0 spiro atoms. The first-order valence-electron chi connectivity index (χ1n) is 8.89. The molecule has 3 atom stereocenters. The summed E-state index contributed by atoms with van der Waals surface area (Å²) in [5.74, 6) is 0.799. The number of carbonyl (C=O) groups excluding carboxylic acids is 1. The summed E-state index contributed by atoms with van der Waals surface area (Å²) < 4.78 is 27.0. The summed E-state index contributed by atoms with van der Waals surface area (Å²) in [5, 5.41) is 21.2. The molecule has 0 aromatic heterocycles. The van der Waals surface area contributed by atoms with Gasteiger partial charge >= 0.3 is 0 Å². The first kappa shape index (κ1) is 17.3. The monoisotopic (exact) mass is 386 g/mol. The minimum atomic E-state index is -1.87. The SMILES string of the molecule is O=C(c1ccc2c(c1)OCO2)C1(O)COC(c2ccc3c(c2)OCO3)C1CO. The highest BCUT2D eigenvalue weighted by atomic mass is 16.7. The number of benzene rings is 2. The second-order valence-electron chi connectivity index (χ2n) is 6.95. The van der Waals surface area contributed by atoms with Gasteiger partial charge < -0.3 is 33.9 Å². The molecular formula is C20H18O8. The molecule has 5 rings (SSSR count). The van der Waals surface area contributed by atoms with E-state index in [2.05, 4.69) is 0 Å². The molecule has 0 bridgehead atoms. The maximum Gasteiger partial charge on any atom is 0.231 e. The van der Waals surface area contributed by atoms with Gasteiger partial charge in [-0.3, -0.25) is 4.79 Å². The lowest BCUT2D eigenvalue weighted by Crippen LogP contribution is -2.47. The number of carbonyl (C=O) groups is 1. The molecule has 0 saturated carbocycles. The predicted molar refractivity (Wildman–Crippen MR) is 93.7 cm³/mol. The minimum Gasteiger partial charge on any atom is -0.454 e.